The van der Waals surface area contributed by atoms with E-state index in [4.69, 9.17) is 11.6 Å². The molecule has 0 aliphatic carbocycles. The molecule has 1 aromatic carbocycles. The Morgan fingerprint density at radius 3 is 2.64 bits per heavy atom. The molecule has 1 aliphatic rings. The molecule has 0 bridgehead atoms. The van der Waals surface area contributed by atoms with Crippen LogP contribution in [-0.4, -0.2) is 38.6 Å². The van der Waals surface area contributed by atoms with E-state index in [0.29, 0.717) is 14.3 Å². The molecule has 0 saturated carbocycles. The Morgan fingerprint density at radius 2 is 1.96 bits per heavy atom. The zero-order chi connectivity index (χ0) is 17.6. The molecule has 0 radical (unpaired) electrons. The Labute approximate surface area is 163 Å². The van der Waals surface area contributed by atoms with E-state index in [-0.39, 0.29) is 4.21 Å². The van der Waals surface area contributed by atoms with Crippen LogP contribution in [0.25, 0.3) is 10.9 Å². The summed E-state index contributed by atoms with van der Waals surface area (Å²) in [7, 11) is -3.68. The molecule has 9 heteroatoms. The Kier molecular flexibility index (Phi) is 4.57. The van der Waals surface area contributed by atoms with E-state index >= 15 is 0 Å². The van der Waals surface area contributed by atoms with Gasteiger partial charge in [-0.05, 0) is 40.2 Å². The number of halogens is 2. The van der Waals surface area contributed by atoms with E-state index in [1.807, 2.05) is 24.3 Å². The second kappa shape index (κ2) is 6.59. The van der Waals surface area contributed by atoms with Gasteiger partial charge in [-0.25, -0.2) is 3.97 Å². The minimum atomic E-state index is -3.68. The summed E-state index contributed by atoms with van der Waals surface area (Å²) >= 11 is 10.4. The van der Waals surface area contributed by atoms with Gasteiger partial charge in [-0.15, -0.1) is 11.3 Å². The fraction of sp³-hybridized carbons (Fsp3) is 0.250. The van der Waals surface area contributed by atoms with Crippen molar-refractivity contribution in [3.05, 3.63) is 45.3 Å². The molecule has 25 heavy (non-hydrogen) atoms. The third kappa shape index (κ3) is 3.00. The van der Waals surface area contributed by atoms with Crippen LogP contribution in [0.1, 0.15) is 0 Å². The number of nitrogens with one attached hydrogen (secondary N) is 1. The largest absolute Gasteiger partial charge is 0.368 e. The zero-order valence-corrected chi connectivity index (χ0v) is 17.1. The zero-order valence-electron chi connectivity index (χ0n) is 13.1. The van der Waals surface area contributed by atoms with Crippen LogP contribution < -0.4 is 10.2 Å². The van der Waals surface area contributed by atoms with Gasteiger partial charge in [-0.2, -0.15) is 8.42 Å². The molecular formula is C16H15BrClN3O2S2. The highest BCUT2D eigenvalue weighted by Crippen LogP contribution is 2.37. The summed E-state index contributed by atoms with van der Waals surface area (Å²) in [5.74, 6) is 0. The van der Waals surface area contributed by atoms with Crippen LogP contribution in [0.4, 0.5) is 5.69 Å². The Hall–Kier alpha value is -1.06. The highest BCUT2D eigenvalue weighted by atomic mass is 79.9. The first-order valence-electron chi connectivity index (χ1n) is 7.74. The highest BCUT2D eigenvalue weighted by Gasteiger charge is 2.24. The van der Waals surface area contributed by atoms with Crippen molar-refractivity contribution >= 4 is 65.5 Å². The first-order chi connectivity index (χ1) is 12.0. The lowest BCUT2D eigenvalue weighted by atomic mass is 10.2. The molecule has 3 heterocycles. The maximum absolute atomic E-state index is 13.0. The SMILES string of the molecule is O=S(=O)(c1cc(Br)c(Cl)s1)n1ccc2c(N3CCNCC3)cccc21. The number of piperazine rings is 1. The highest BCUT2D eigenvalue weighted by molar-refractivity contribution is 9.10. The molecular weight excluding hydrogens is 446 g/mol. The number of rotatable bonds is 3. The molecule has 0 spiro atoms. The van der Waals surface area contributed by atoms with Crippen molar-refractivity contribution < 1.29 is 8.42 Å². The fourth-order valence-electron chi connectivity index (χ4n) is 3.07. The molecule has 1 fully saturated rings. The number of aromatic nitrogens is 1. The predicted octanol–water partition coefficient (Wildman–Crippen LogP) is 3.77. The van der Waals surface area contributed by atoms with E-state index in [9.17, 15) is 8.42 Å². The molecule has 2 aromatic heterocycles. The summed E-state index contributed by atoms with van der Waals surface area (Å²) in [4.78, 5) is 2.29. The van der Waals surface area contributed by atoms with Crippen LogP contribution in [0.2, 0.25) is 4.34 Å². The van der Waals surface area contributed by atoms with Crippen LogP contribution in [-0.2, 0) is 10.0 Å². The number of fused-ring (bicyclic) bond motifs is 1. The normalized spacial score (nSPS) is 15.8. The summed E-state index contributed by atoms with van der Waals surface area (Å²) in [6, 6.07) is 9.21. The van der Waals surface area contributed by atoms with Gasteiger partial charge < -0.3 is 10.2 Å². The Morgan fingerprint density at radius 1 is 1.20 bits per heavy atom. The van der Waals surface area contributed by atoms with Crippen molar-refractivity contribution in [1.29, 1.82) is 0 Å². The van der Waals surface area contributed by atoms with Crippen molar-refractivity contribution in [3.63, 3.8) is 0 Å². The smallest absolute Gasteiger partial charge is 0.277 e. The monoisotopic (exact) mass is 459 g/mol. The van der Waals surface area contributed by atoms with Crippen LogP contribution >= 0.6 is 38.9 Å². The number of nitrogens with zero attached hydrogens (tertiary/aromatic N) is 2. The molecule has 4 rings (SSSR count). The lowest BCUT2D eigenvalue weighted by Crippen LogP contribution is -2.43. The predicted molar refractivity (Wildman–Crippen MR) is 107 cm³/mol. The summed E-state index contributed by atoms with van der Waals surface area (Å²) < 4.78 is 28.6. The van der Waals surface area contributed by atoms with Gasteiger partial charge in [0.1, 0.15) is 8.55 Å². The first kappa shape index (κ1) is 17.4. The van der Waals surface area contributed by atoms with Gasteiger partial charge in [-0.3, -0.25) is 0 Å². The van der Waals surface area contributed by atoms with Gasteiger partial charge >= 0.3 is 0 Å². The van der Waals surface area contributed by atoms with Crippen molar-refractivity contribution in [2.24, 2.45) is 0 Å². The Bertz CT molecular complexity index is 1020. The van der Waals surface area contributed by atoms with E-state index in [1.54, 1.807) is 12.3 Å². The second-order valence-electron chi connectivity index (χ2n) is 5.75. The molecule has 1 aliphatic heterocycles. The van der Waals surface area contributed by atoms with Crippen molar-refractivity contribution in [3.8, 4) is 0 Å². The molecule has 0 atom stereocenters. The fourth-order valence-corrected chi connectivity index (χ4v) is 6.81. The van der Waals surface area contributed by atoms with Gasteiger partial charge in [0.15, 0.2) is 0 Å². The van der Waals surface area contributed by atoms with Crippen LogP contribution in [0.5, 0.6) is 0 Å². The van der Waals surface area contributed by atoms with Crippen LogP contribution in [0.15, 0.2) is 45.2 Å². The molecule has 132 valence electrons. The number of hydrogen-bond acceptors (Lipinski definition) is 5. The third-order valence-corrected chi connectivity index (χ3v) is 8.88. The number of benzene rings is 1. The van der Waals surface area contributed by atoms with E-state index in [2.05, 4.69) is 26.1 Å². The maximum atomic E-state index is 13.0. The summed E-state index contributed by atoms with van der Waals surface area (Å²) in [5, 5.41) is 4.27. The minimum Gasteiger partial charge on any atom is -0.368 e. The molecule has 1 N–H and O–H groups in total. The molecule has 3 aromatic rings. The van der Waals surface area contributed by atoms with Gasteiger partial charge in [0.05, 0.1) is 5.52 Å². The average Bonchev–Trinajstić information content (AvgIpc) is 3.20. The second-order valence-corrected chi connectivity index (χ2v) is 10.3. The maximum Gasteiger partial charge on any atom is 0.277 e. The van der Waals surface area contributed by atoms with Gasteiger partial charge in [0.25, 0.3) is 10.0 Å². The van der Waals surface area contributed by atoms with Gasteiger partial charge in [-0.1, -0.05) is 17.7 Å². The lowest BCUT2D eigenvalue weighted by molar-refractivity contribution is 0.590. The molecule has 0 unspecified atom stereocenters. The summed E-state index contributed by atoms with van der Waals surface area (Å²) in [6.07, 6.45) is 1.62. The van der Waals surface area contributed by atoms with Gasteiger partial charge in [0.2, 0.25) is 0 Å². The van der Waals surface area contributed by atoms with Crippen molar-refractivity contribution in [1.82, 2.24) is 9.29 Å². The van der Waals surface area contributed by atoms with E-state index < -0.39 is 10.0 Å². The number of anilines is 1. The van der Waals surface area contributed by atoms with Crippen LogP contribution in [0.3, 0.4) is 0 Å². The average molecular weight is 461 g/mol. The lowest BCUT2D eigenvalue weighted by Gasteiger charge is -2.30. The minimum absolute atomic E-state index is 0.217. The van der Waals surface area contributed by atoms with E-state index in [1.165, 1.54) is 3.97 Å². The quantitative estimate of drug-likeness (QED) is 0.646. The molecule has 1 saturated heterocycles. The topological polar surface area (TPSA) is 54.3 Å². The Balaban J connectivity index is 1.84. The number of hydrogen-bond donors (Lipinski definition) is 1. The summed E-state index contributed by atoms with van der Waals surface area (Å²) in [5.41, 5.74) is 1.75. The third-order valence-electron chi connectivity index (χ3n) is 4.27. The van der Waals surface area contributed by atoms with E-state index in [0.717, 1.165) is 48.6 Å². The standard InChI is InChI=1S/C16H15BrClN3O2S2/c17-12-10-15(24-16(12)18)25(22,23)21-7-4-11-13(2-1-3-14(11)21)20-8-5-19-6-9-20/h1-4,7,10,19H,5-6,8-9H2. The summed E-state index contributed by atoms with van der Waals surface area (Å²) in [6.45, 7) is 3.67. The molecule has 0 amide bonds. The molecule has 5 nitrogen and oxygen atoms in total. The van der Waals surface area contributed by atoms with Crippen LogP contribution in [0, 0.1) is 0 Å². The van der Waals surface area contributed by atoms with Crippen molar-refractivity contribution in [2.45, 2.75) is 4.21 Å². The van der Waals surface area contributed by atoms with Crippen molar-refractivity contribution in [2.75, 3.05) is 31.1 Å². The van der Waals surface area contributed by atoms with Gasteiger partial charge in [0, 0.05) is 47.9 Å². The first-order valence-corrected chi connectivity index (χ1v) is 11.2. The number of thiophene rings is 1.